The average molecular weight is 475 g/mol. The van der Waals surface area contributed by atoms with Crippen LogP contribution in [0.25, 0.3) is 10.2 Å². The molecule has 1 amide bonds. The van der Waals surface area contributed by atoms with Gasteiger partial charge in [0.1, 0.15) is 15.7 Å². The van der Waals surface area contributed by atoms with Gasteiger partial charge in [0.25, 0.3) is 15.9 Å². The summed E-state index contributed by atoms with van der Waals surface area (Å²) in [5.74, 6) is 0.549. The van der Waals surface area contributed by atoms with Crippen molar-refractivity contribution < 1.29 is 13.2 Å². The van der Waals surface area contributed by atoms with Crippen LogP contribution in [0, 0.1) is 0 Å². The molecule has 0 bridgehead atoms. The number of amides is 1. The highest BCUT2D eigenvalue weighted by Gasteiger charge is 2.20. The van der Waals surface area contributed by atoms with Crippen molar-refractivity contribution in [2.75, 3.05) is 23.6 Å². The normalized spacial score (nSPS) is 14.5. The van der Waals surface area contributed by atoms with Crippen LogP contribution >= 0.6 is 22.7 Å². The summed E-state index contributed by atoms with van der Waals surface area (Å²) in [6.45, 7) is 2.43. The van der Waals surface area contributed by atoms with Crippen LogP contribution in [-0.4, -0.2) is 47.4 Å². The zero-order chi connectivity index (χ0) is 21.6. The minimum atomic E-state index is -3.62. The number of aromatic nitrogens is 3. The molecule has 160 valence electrons. The fourth-order valence-corrected chi connectivity index (χ4v) is 6.25. The summed E-state index contributed by atoms with van der Waals surface area (Å²) in [5, 5.41) is 4.94. The highest BCUT2D eigenvalue weighted by Crippen LogP contribution is 2.30. The number of imidazole rings is 1. The summed E-state index contributed by atoms with van der Waals surface area (Å²) in [6.07, 6.45) is 1.77. The predicted molar refractivity (Wildman–Crippen MR) is 121 cm³/mol. The topological polar surface area (TPSA) is 109 Å². The van der Waals surface area contributed by atoms with Crippen molar-refractivity contribution in [2.45, 2.75) is 17.3 Å². The van der Waals surface area contributed by atoms with E-state index in [1.807, 2.05) is 11.6 Å². The second-order valence-corrected chi connectivity index (χ2v) is 11.1. The second kappa shape index (κ2) is 7.71. The van der Waals surface area contributed by atoms with Gasteiger partial charge in [-0.1, -0.05) is 17.4 Å². The third-order valence-corrected chi connectivity index (χ3v) is 8.56. The molecular formula is C19H18N6O3S3. The van der Waals surface area contributed by atoms with E-state index in [-0.39, 0.29) is 10.1 Å². The lowest BCUT2D eigenvalue weighted by Gasteiger charge is -2.22. The van der Waals surface area contributed by atoms with Gasteiger partial charge in [-0.05, 0) is 36.7 Å². The number of carbonyl (C=O) groups excluding carboxylic acids is 1. The number of benzene rings is 1. The van der Waals surface area contributed by atoms with Gasteiger partial charge in [0.2, 0.25) is 0 Å². The van der Waals surface area contributed by atoms with Gasteiger partial charge in [-0.15, -0.1) is 11.3 Å². The van der Waals surface area contributed by atoms with Crippen molar-refractivity contribution in [1.29, 1.82) is 0 Å². The van der Waals surface area contributed by atoms with Crippen LogP contribution in [0.15, 0.2) is 46.1 Å². The summed E-state index contributed by atoms with van der Waals surface area (Å²) in [4.78, 5) is 23.7. The first-order chi connectivity index (χ1) is 14.9. The number of anilines is 2. The van der Waals surface area contributed by atoms with E-state index in [1.54, 1.807) is 41.9 Å². The number of nitrogens with zero attached hydrogens (tertiary/aromatic N) is 4. The van der Waals surface area contributed by atoms with Crippen molar-refractivity contribution in [3.63, 3.8) is 0 Å². The van der Waals surface area contributed by atoms with Gasteiger partial charge in [-0.25, -0.2) is 18.4 Å². The summed E-state index contributed by atoms with van der Waals surface area (Å²) in [7, 11) is -1.60. The monoisotopic (exact) mass is 474 g/mol. The van der Waals surface area contributed by atoms with Gasteiger partial charge in [0, 0.05) is 19.3 Å². The fraction of sp³-hybridized carbons (Fsp3) is 0.211. The van der Waals surface area contributed by atoms with E-state index in [9.17, 15) is 13.2 Å². The molecule has 0 radical (unpaired) electrons. The van der Waals surface area contributed by atoms with E-state index >= 15 is 0 Å². The number of rotatable bonds is 5. The van der Waals surface area contributed by atoms with Gasteiger partial charge in [-0.2, -0.15) is 0 Å². The Labute approximate surface area is 186 Å². The van der Waals surface area contributed by atoms with E-state index in [2.05, 4.69) is 24.9 Å². The molecule has 1 aliphatic rings. The quantitative estimate of drug-likeness (QED) is 0.460. The SMILES string of the molecule is CN1CCn2cc(C(=O)Nc3nc4ccc(NS(=O)(=O)c5cccs5)cc4s3)nc2C1. The van der Waals surface area contributed by atoms with Crippen molar-refractivity contribution in [3.05, 3.63) is 53.4 Å². The number of hydrogen-bond donors (Lipinski definition) is 2. The standard InChI is InChI=1S/C19H18N6O3S3/c1-24-6-7-25-10-14(20-16(25)11-24)18(26)22-19-21-13-5-4-12(9-15(13)30-19)23-31(27,28)17-3-2-8-29-17/h2-5,8-10,23H,6-7,11H2,1H3,(H,21,22,26). The molecule has 12 heteroatoms. The molecular weight excluding hydrogens is 456 g/mol. The van der Waals surface area contributed by atoms with Crippen molar-refractivity contribution in [2.24, 2.45) is 0 Å². The Kier molecular flexibility index (Phi) is 5.01. The number of sulfonamides is 1. The van der Waals surface area contributed by atoms with E-state index in [0.717, 1.165) is 35.0 Å². The maximum absolute atomic E-state index is 12.7. The number of thiophene rings is 1. The third kappa shape index (κ3) is 4.06. The zero-order valence-electron chi connectivity index (χ0n) is 16.4. The molecule has 5 rings (SSSR count). The molecule has 1 aliphatic heterocycles. The van der Waals surface area contributed by atoms with Crippen molar-refractivity contribution >= 4 is 59.6 Å². The van der Waals surface area contributed by atoms with Crippen LogP contribution in [0.4, 0.5) is 10.8 Å². The Morgan fingerprint density at radius 3 is 2.87 bits per heavy atom. The number of fused-ring (bicyclic) bond motifs is 2. The van der Waals surface area contributed by atoms with Gasteiger partial charge in [-0.3, -0.25) is 19.7 Å². The molecule has 2 N–H and O–H groups in total. The summed E-state index contributed by atoms with van der Waals surface area (Å²) in [5.41, 5.74) is 1.47. The molecule has 9 nitrogen and oxygen atoms in total. The molecule has 0 spiro atoms. The van der Waals surface area contributed by atoms with Crippen LogP contribution in [0.5, 0.6) is 0 Å². The Balaban J connectivity index is 1.34. The first-order valence-electron chi connectivity index (χ1n) is 9.40. The third-order valence-electron chi connectivity index (χ3n) is 4.85. The summed E-state index contributed by atoms with van der Waals surface area (Å²) >= 11 is 2.43. The van der Waals surface area contributed by atoms with Crippen molar-refractivity contribution in [1.82, 2.24) is 19.4 Å². The maximum atomic E-state index is 12.7. The smallest absolute Gasteiger partial charge is 0.277 e. The van der Waals surface area contributed by atoms with Crippen LogP contribution in [0.3, 0.4) is 0 Å². The molecule has 0 unspecified atom stereocenters. The van der Waals surface area contributed by atoms with Gasteiger partial charge < -0.3 is 4.57 Å². The number of carbonyl (C=O) groups is 1. The molecule has 31 heavy (non-hydrogen) atoms. The molecule has 0 fully saturated rings. The minimum absolute atomic E-state index is 0.249. The van der Waals surface area contributed by atoms with Crippen LogP contribution in [0.2, 0.25) is 0 Å². The average Bonchev–Trinajstić information content (AvgIpc) is 3.46. The number of likely N-dealkylation sites (N-methyl/N-ethyl adjacent to an activating group) is 1. The van der Waals surface area contributed by atoms with Gasteiger partial charge in [0.05, 0.1) is 22.4 Å². The van der Waals surface area contributed by atoms with Crippen molar-refractivity contribution in [3.8, 4) is 0 Å². The van der Waals surface area contributed by atoms with E-state index < -0.39 is 10.0 Å². The predicted octanol–water partition coefficient (Wildman–Crippen LogP) is 3.05. The van der Waals surface area contributed by atoms with Gasteiger partial charge >= 0.3 is 0 Å². The molecule has 0 atom stereocenters. The summed E-state index contributed by atoms with van der Waals surface area (Å²) < 4.78 is 30.4. The van der Waals surface area contributed by atoms with Crippen LogP contribution in [0.1, 0.15) is 16.3 Å². The highest BCUT2D eigenvalue weighted by atomic mass is 32.2. The summed E-state index contributed by atoms with van der Waals surface area (Å²) in [6, 6.07) is 8.32. The number of nitrogens with one attached hydrogen (secondary N) is 2. The van der Waals surface area contributed by atoms with E-state index in [1.165, 1.54) is 11.3 Å². The Hall–Kier alpha value is -2.80. The first-order valence-corrected chi connectivity index (χ1v) is 12.6. The lowest BCUT2D eigenvalue weighted by Crippen LogP contribution is -2.30. The Morgan fingerprint density at radius 1 is 1.19 bits per heavy atom. The first kappa shape index (κ1) is 20.1. The fourth-order valence-electron chi connectivity index (χ4n) is 3.31. The van der Waals surface area contributed by atoms with Gasteiger partial charge in [0.15, 0.2) is 5.13 Å². The molecule has 0 saturated heterocycles. The maximum Gasteiger partial charge on any atom is 0.277 e. The minimum Gasteiger partial charge on any atom is -0.332 e. The molecule has 0 aliphatic carbocycles. The molecule has 4 heterocycles. The Bertz CT molecular complexity index is 1370. The largest absolute Gasteiger partial charge is 0.332 e. The van der Waals surface area contributed by atoms with E-state index in [4.69, 9.17) is 0 Å². The molecule has 3 aromatic heterocycles. The second-order valence-electron chi connectivity index (χ2n) is 7.17. The van der Waals surface area contributed by atoms with Crippen LogP contribution in [-0.2, 0) is 23.1 Å². The lowest BCUT2D eigenvalue weighted by atomic mass is 10.3. The lowest BCUT2D eigenvalue weighted by molar-refractivity contribution is 0.102. The van der Waals surface area contributed by atoms with Crippen LogP contribution < -0.4 is 10.0 Å². The zero-order valence-corrected chi connectivity index (χ0v) is 18.9. The number of thiazole rings is 1. The molecule has 1 aromatic carbocycles. The molecule has 4 aromatic rings. The Morgan fingerprint density at radius 2 is 2.06 bits per heavy atom. The highest BCUT2D eigenvalue weighted by molar-refractivity contribution is 7.94. The van der Waals surface area contributed by atoms with E-state index in [0.29, 0.717) is 28.6 Å². The molecule has 0 saturated carbocycles. The number of hydrogen-bond acceptors (Lipinski definition) is 8.